The molecule has 0 aliphatic heterocycles. The molecule has 0 fully saturated rings. The zero-order valence-electron chi connectivity index (χ0n) is 19.1. The predicted molar refractivity (Wildman–Crippen MR) is 143 cm³/mol. The number of carbonyl (C=O) groups excluding carboxylic acids is 2. The van der Waals surface area contributed by atoms with Gasteiger partial charge in [0.1, 0.15) is 0 Å². The van der Waals surface area contributed by atoms with Crippen LogP contribution in [0.15, 0.2) is 41.6 Å². The molecule has 3 rings (SSSR count). The molecule has 0 bridgehead atoms. The van der Waals surface area contributed by atoms with Gasteiger partial charge in [0.25, 0.3) is 5.91 Å². The van der Waals surface area contributed by atoms with Crippen LogP contribution in [0, 0.1) is 5.92 Å². The van der Waals surface area contributed by atoms with Crippen LogP contribution in [0.3, 0.4) is 0 Å². The van der Waals surface area contributed by atoms with Crippen molar-refractivity contribution in [2.75, 3.05) is 11.1 Å². The molecule has 1 aromatic heterocycles. The molecular weight excluding hydrogens is 552 g/mol. The molecule has 1 heterocycles. The summed E-state index contributed by atoms with van der Waals surface area (Å²) in [4.78, 5) is 25.4. The lowest BCUT2D eigenvalue weighted by Crippen LogP contribution is -2.33. The molecule has 35 heavy (non-hydrogen) atoms. The molecule has 1 atom stereocenters. The Morgan fingerprint density at radius 3 is 2.43 bits per heavy atom. The van der Waals surface area contributed by atoms with E-state index in [0.29, 0.717) is 43.8 Å². The SMILES string of the molecule is CCn1c(SCC(=O)Nc2cccc(Cl)c2Cl)nnc1[C@@H](NC(=O)c1ccc(Cl)c(Cl)c1)C(C)C. The van der Waals surface area contributed by atoms with Crippen LogP contribution in [-0.4, -0.2) is 32.3 Å². The number of anilines is 1. The molecule has 0 spiro atoms. The van der Waals surface area contributed by atoms with Crippen LogP contribution in [0.1, 0.15) is 43.0 Å². The van der Waals surface area contributed by atoms with Gasteiger partial charge in [-0.25, -0.2) is 0 Å². The second-order valence-electron chi connectivity index (χ2n) is 7.85. The number of nitrogens with one attached hydrogen (secondary N) is 2. The summed E-state index contributed by atoms with van der Waals surface area (Å²) in [5.74, 6) is 0.127. The van der Waals surface area contributed by atoms with E-state index in [0.717, 1.165) is 0 Å². The monoisotopic (exact) mass is 573 g/mol. The normalized spacial score (nSPS) is 12.0. The predicted octanol–water partition coefficient (Wildman–Crippen LogP) is 6.77. The highest BCUT2D eigenvalue weighted by atomic mass is 35.5. The van der Waals surface area contributed by atoms with Crippen molar-refractivity contribution >= 4 is 75.7 Å². The zero-order valence-corrected chi connectivity index (χ0v) is 23.0. The summed E-state index contributed by atoms with van der Waals surface area (Å²) >= 11 is 25.4. The van der Waals surface area contributed by atoms with Crippen molar-refractivity contribution in [1.29, 1.82) is 0 Å². The van der Waals surface area contributed by atoms with Crippen molar-refractivity contribution in [1.82, 2.24) is 20.1 Å². The fourth-order valence-electron chi connectivity index (χ4n) is 3.24. The van der Waals surface area contributed by atoms with Gasteiger partial charge in [-0.05, 0) is 43.2 Å². The van der Waals surface area contributed by atoms with E-state index in [9.17, 15) is 9.59 Å². The number of halogens is 4. The maximum absolute atomic E-state index is 12.9. The minimum absolute atomic E-state index is 0.0161. The molecule has 2 aromatic carbocycles. The molecule has 186 valence electrons. The van der Waals surface area contributed by atoms with E-state index in [-0.39, 0.29) is 28.5 Å². The number of benzene rings is 2. The van der Waals surface area contributed by atoms with Gasteiger partial charge in [-0.15, -0.1) is 10.2 Å². The summed E-state index contributed by atoms with van der Waals surface area (Å²) in [6, 6.07) is 9.31. The van der Waals surface area contributed by atoms with Crippen molar-refractivity contribution in [2.45, 2.75) is 38.5 Å². The van der Waals surface area contributed by atoms with Crippen molar-refractivity contribution in [2.24, 2.45) is 5.92 Å². The van der Waals surface area contributed by atoms with Crippen LogP contribution in [-0.2, 0) is 11.3 Å². The number of hydrogen-bond acceptors (Lipinski definition) is 5. The first kappa shape index (κ1) is 27.6. The molecule has 2 amide bonds. The number of carbonyl (C=O) groups is 2. The summed E-state index contributed by atoms with van der Waals surface area (Å²) in [5.41, 5.74) is 0.825. The Morgan fingerprint density at radius 2 is 1.77 bits per heavy atom. The topological polar surface area (TPSA) is 88.9 Å². The largest absolute Gasteiger partial charge is 0.342 e. The maximum Gasteiger partial charge on any atom is 0.251 e. The van der Waals surface area contributed by atoms with Gasteiger partial charge in [0.05, 0.1) is 37.6 Å². The molecule has 0 saturated heterocycles. The fourth-order valence-corrected chi connectivity index (χ4v) is 4.70. The Morgan fingerprint density at radius 1 is 1.03 bits per heavy atom. The molecule has 0 aliphatic carbocycles. The molecule has 0 radical (unpaired) electrons. The summed E-state index contributed by atoms with van der Waals surface area (Å²) in [6.07, 6.45) is 0. The van der Waals surface area contributed by atoms with E-state index in [1.54, 1.807) is 30.3 Å². The maximum atomic E-state index is 12.9. The van der Waals surface area contributed by atoms with Gasteiger partial charge in [-0.2, -0.15) is 0 Å². The van der Waals surface area contributed by atoms with E-state index in [1.165, 1.54) is 17.8 Å². The van der Waals surface area contributed by atoms with Crippen molar-refractivity contribution in [3.63, 3.8) is 0 Å². The Kier molecular flexibility index (Phi) is 9.72. The van der Waals surface area contributed by atoms with Crippen molar-refractivity contribution < 1.29 is 9.59 Å². The van der Waals surface area contributed by atoms with Crippen molar-refractivity contribution in [3.05, 3.63) is 67.9 Å². The van der Waals surface area contributed by atoms with E-state index in [1.807, 2.05) is 25.3 Å². The Hall–Kier alpha value is -1.97. The first-order valence-electron chi connectivity index (χ1n) is 10.7. The average molecular weight is 575 g/mol. The molecule has 3 aromatic rings. The first-order valence-corrected chi connectivity index (χ1v) is 13.2. The molecule has 0 unspecified atom stereocenters. The molecule has 0 aliphatic rings. The molecule has 12 heteroatoms. The lowest BCUT2D eigenvalue weighted by Gasteiger charge is -2.22. The van der Waals surface area contributed by atoms with E-state index in [4.69, 9.17) is 46.4 Å². The smallest absolute Gasteiger partial charge is 0.251 e. The molecule has 0 saturated carbocycles. The number of rotatable bonds is 9. The summed E-state index contributed by atoms with van der Waals surface area (Å²) in [6.45, 7) is 6.45. The lowest BCUT2D eigenvalue weighted by atomic mass is 10.0. The number of hydrogen-bond donors (Lipinski definition) is 2. The quantitative estimate of drug-likeness (QED) is 0.275. The van der Waals surface area contributed by atoms with Crippen LogP contribution in [0.25, 0.3) is 0 Å². The number of nitrogens with zero attached hydrogens (tertiary/aromatic N) is 3. The number of amides is 2. The Balaban J connectivity index is 1.73. The third-order valence-electron chi connectivity index (χ3n) is 5.03. The van der Waals surface area contributed by atoms with Gasteiger partial charge in [0, 0.05) is 12.1 Å². The van der Waals surface area contributed by atoms with Crippen molar-refractivity contribution in [3.8, 4) is 0 Å². The van der Waals surface area contributed by atoms with Gasteiger partial charge in [-0.3, -0.25) is 9.59 Å². The molecule has 2 N–H and O–H groups in total. The summed E-state index contributed by atoms with van der Waals surface area (Å²) in [7, 11) is 0. The van der Waals surface area contributed by atoms with Crippen LogP contribution in [0.4, 0.5) is 5.69 Å². The summed E-state index contributed by atoms with van der Waals surface area (Å²) < 4.78 is 1.88. The second-order valence-corrected chi connectivity index (χ2v) is 10.4. The number of aromatic nitrogens is 3. The van der Waals surface area contributed by atoms with Crippen LogP contribution in [0.2, 0.25) is 20.1 Å². The lowest BCUT2D eigenvalue weighted by molar-refractivity contribution is -0.113. The van der Waals surface area contributed by atoms with Crippen LogP contribution < -0.4 is 10.6 Å². The minimum atomic E-state index is -0.419. The number of thioether (sulfide) groups is 1. The van der Waals surface area contributed by atoms with Gasteiger partial charge >= 0.3 is 0 Å². The average Bonchev–Trinajstić information content (AvgIpc) is 3.23. The Labute approximate surface area is 227 Å². The third kappa shape index (κ3) is 6.83. The van der Waals surface area contributed by atoms with Gasteiger partial charge in [0.2, 0.25) is 5.91 Å². The van der Waals surface area contributed by atoms with Gasteiger partial charge < -0.3 is 15.2 Å². The van der Waals surface area contributed by atoms with E-state index in [2.05, 4.69) is 20.8 Å². The highest BCUT2D eigenvalue weighted by Crippen LogP contribution is 2.30. The van der Waals surface area contributed by atoms with Gasteiger partial charge in [0.15, 0.2) is 11.0 Å². The van der Waals surface area contributed by atoms with Crippen LogP contribution in [0.5, 0.6) is 0 Å². The van der Waals surface area contributed by atoms with E-state index < -0.39 is 6.04 Å². The highest BCUT2D eigenvalue weighted by Gasteiger charge is 2.26. The second kappa shape index (κ2) is 12.3. The van der Waals surface area contributed by atoms with E-state index >= 15 is 0 Å². The molecule has 7 nitrogen and oxygen atoms in total. The highest BCUT2D eigenvalue weighted by molar-refractivity contribution is 7.99. The van der Waals surface area contributed by atoms with Crippen LogP contribution >= 0.6 is 58.2 Å². The van der Waals surface area contributed by atoms with Gasteiger partial charge in [-0.1, -0.05) is 78.1 Å². The standard InChI is InChI=1S/C23H23Cl4N5O2S/c1-4-32-21(20(12(2)3)29-22(34)13-8-9-14(24)16(26)10-13)30-31-23(32)35-11-18(33)28-17-7-5-6-15(25)19(17)27/h5-10,12,20H,4,11H2,1-3H3,(H,28,33)(H,29,34)/t20-/m0/s1. The third-order valence-corrected chi connectivity index (χ3v) is 7.56. The Bertz CT molecular complexity index is 1230. The first-order chi connectivity index (χ1) is 16.6. The summed E-state index contributed by atoms with van der Waals surface area (Å²) in [5, 5.41) is 16.2. The molecular formula is C23H23Cl4N5O2S. The minimum Gasteiger partial charge on any atom is -0.342 e. The zero-order chi connectivity index (χ0) is 25.7. The fraction of sp³-hybridized carbons (Fsp3) is 0.304.